The van der Waals surface area contributed by atoms with E-state index < -0.39 is 35.0 Å². The Morgan fingerprint density at radius 3 is 2.42 bits per heavy atom. The van der Waals surface area contributed by atoms with Crippen LogP contribution in [0.3, 0.4) is 0 Å². The molecule has 0 aliphatic carbocycles. The fraction of sp³-hybridized carbons (Fsp3) is 0.259. The van der Waals surface area contributed by atoms with Gasteiger partial charge in [0, 0.05) is 13.0 Å². The third-order valence-electron chi connectivity index (χ3n) is 6.41. The number of ether oxygens (including phenoxy) is 1. The smallest absolute Gasteiger partial charge is 0.422 e. The van der Waals surface area contributed by atoms with Gasteiger partial charge in [-0.25, -0.2) is 9.59 Å². The molecule has 0 spiro atoms. The number of halogens is 3. The molecule has 36 heavy (non-hydrogen) atoms. The molecule has 0 bridgehead atoms. The number of oxazole rings is 1. The van der Waals surface area contributed by atoms with Crippen LogP contribution in [0.1, 0.15) is 41.3 Å². The highest BCUT2D eigenvalue weighted by Gasteiger charge is 2.59. The Morgan fingerprint density at radius 2 is 1.78 bits per heavy atom. The minimum absolute atomic E-state index is 0.0110. The molecule has 0 radical (unpaired) electrons. The molecule has 3 aromatic carbocycles. The van der Waals surface area contributed by atoms with Gasteiger partial charge in [-0.1, -0.05) is 55.5 Å². The summed E-state index contributed by atoms with van der Waals surface area (Å²) < 4.78 is 55.6. The molecule has 1 N–H and O–H groups in total. The van der Waals surface area contributed by atoms with Crippen LogP contribution < -0.4 is 5.76 Å². The van der Waals surface area contributed by atoms with Crippen LogP contribution in [0.5, 0.6) is 0 Å². The fourth-order valence-corrected chi connectivity index (χ4v) is 4.52. The van der Waals surface area contributed by atoms with E-state index >= 15 is 0 Å². The number of rotatable bonds is 6. The monoisotopic (exact) mass is 499 g/mol. The van der Waals surface area contributed by atoms with E-state index in [-0.39, 0.29) is 28.8 Å². The zero-order valence-corrected chi connectivity index (χ0v) is 19.8. The van der Waals surface area contributed by atoms with E-state index in [4.69, 9.17) is 9.15 Å². The number of nitrogens with zero attached hydrogens (tertiary/aromatic N) is 1. The molecule has 0 aliphatic rings. The summed E-state index contributed by atoms with van der Waals surface area (Å²) in [6.45, 7) is 2.84. The quantitative estimate of drug-likeness (QED) is 0.353. The van der Waals surface area contributed by atoms with E-state index in [9.17, 15) is 27.9 Å². The predicted molar refractivity (Wildman–Crippen MR) is 128 cm³/mol. The third-order valence-corrected chi connectivity index (χ3v) is 6.41. The molecule has 4 aromatic rings. The van der Waals surface area contributed by atoms with Crippen molar-refractivity contribution in [2.75, 3.05) is 6.61 Å². The summed E-state index contributed by atoms with van der Waals surface area (Å²) in [6.07, 6.45) is -5.15. The predicted octanol–water partition coefficient (Wildman–Crippen LogP) is 5.53. The minimum Gasteiger partial charge on any atom is -0.462 e. The van der Waals surface area contributed by atoms with Crippen molar-refractivity contribution < 1.29 is 32.2 Å². The summed E-state index contributed by atoms with van der Waals surface area (Å²) in [4.78, 5) is 24.7. The Kier molecular flexibility index (Phi) is 6.53. The molecule has 0 fully saturated rings. The molecule has 1 aromatic heterocycles. The second-order valence-electron chi connectivity index (χ2n) is 8.45. The van der Waals surface area contributed by atoms with Crippen molar-refractivity contribution in [1.82, 2.24) is 4.57 Å². The average Bonchev–Trinajstić information content (AvgIpc) is 3.15. The number of esters is 1. The second kappa shape index (κ2) is 9.31. The molecule has 0 aliphatic heterocycles. The number of hydrogen-bond donors (Lipinski definition) is 1. The van der Waals surface area contributed by atoms with E-state index in [1.54, 1.807) is 49.4 Å². The SMILES string of the molecule is CCOC(=O)c1cccc(-c2ccccc2)c1C(C)C(O)(c1ccc2oc(=O)n(C)c2c1)C(F)(F)F. The van der Waals surface area contributed by atoms with Gasteiger partial charge in [0.05, 0.1) is 17.7 Å². The molecule has 2 atom stereocenters. The van der Waals surface area contributed by atoms with Gasteiger partial charge in [0.15, 0.2) is 11.2 Å². The summed E-state index contributed by atoms with van der Waals surface area (Å²) in [5.74, 6) is -3.20. The molecule has 9 heteroatoms. The van der Waals surface area contributed by atoms with Gasteiger partial charge < -0.3 is 14.3 Å². The summed E-state index contributed by atoms with van der Waals surface area (Å²) in [5, 5.41) is 11.5. The van der Waals surface area contributed by atoms with Crippen molar-refractivity contribution in [2.45, 2.75) is 31.5 Å². The number of carbonyl (C=O) groups excluding carboxylic acids is 1. The summed E-state index contributed by atoms with van der Waals surface area (Å²) in [6, 6.07) is 16.5. The minimum atomic E-state index is -5.15. The lowest BCUT2D eigenvalue weighted by atomic mass is 9.74. The Hall–Kier alpha value is -3.85. The lowest BCUT2D eigenvalue weighted by molar-refractivity contribution is -0.274. The first kappa shape index (κ1) is 25.2. The maximum Gasteiger partial charge on any atom is 0.422 e. The van der Waals surface area contributed by atoms with E-state index in [0.717, 1.165) is 16.7 Å². The maximum atomic E-state index is 14.8. The van der Waals surface area contributed by atoms with Crippen molar-refractivity contribution in [1.29, 1.82) is 0 Å². The van der Waals surface area contributed by atoms with Crippen LogP contribution in [-0.2, 0) is 17.4 Å². The molecular weight excluding hydrogens is 475 g/mol. The van der Waals surface area contributed by atoms with Crippen molar-refractivity contribution >= 4 is 17.1 Å². The molecule has 0 amide bonds. The summed E-state index contributed by atoms with van der Waals surface area (Å²) in [7, 11) is 1.36. The van der Waals surface area contributed by atoms with Gasteiger partial charge in [0.25, 0.3) is 0 Å². The number of alkyl halides is 3. The Morgan fingerprint density at radius 1 is 1.08 bits per heavy atom. The Balaban J connectivity index is 2.01. The van der Waals surface area contributed by atoms with E-state index in [1.807, 2.05) is 0 Å². The van der Waals surface area contributed by atoms with Crippen LogP contribution in [0.4, 0.5) is 13.2 Å². The van der Waals surface area contributed by atoms with Crippen molar-refractivity contribution in [3.63, 3.8) is 0 Å². The number of fused-ring (bicyclic) bond motifs is 1. The average molecular weight is 499 g/mol. The third kappa shape index (κ3) is 4.09. The van der Waals surface area contributed by atoms with E-state index in [2.05, 4.69) is 0 Å². The van der Waals surface area contributed by atoms with Crippen LogP contribution in [0.2, 0.25) is 0 Å². The summed E-state index contributed by atoms with van der Waals surface area (Å²) >= 11 is 0. The van der Waals surface area contributed by atoms with Crippen molar-refractivity contribution in [3.8, 4) is 11.1 Å². The number of carbonyl (C=O) groups is 1. The molecule has 188 valence electrons. The van der Waals surface area contributed by atoms with Gasteiger partial charge in [-0.3, -0.25) is 4.57 Å². The molecule has 0 saturated heterocycles. The zero-order valence-electron chi connectivity index (χ0n) is 19.8. The molecule has 6 nitrogen and oxygen atoms in total. The van der Waals surface area contributed by atoms with E-state index in [0.29, 0.717) is 11.1 Å². The number of aromatic nitrogens is 1. The van der Waals surface area contributed by atoms with Gasteiger partial charge in [0.1, 0.15) is 0 Å². The van der Waals surface area contributed by atoms with Gasteiger partial charge in [-0.15, -0.1) is 0 Å². The highest BCUT2D eigenvalue weighted by molar-refractivity contribution is 5.94. The molecular formula is C27H24F3NO5. The van der Waals surface area contributed by atoms with Crippen LogP contribution in [0, 0.1) is 0 Å². The maximum absolute atomic E-state index is 14.8. The normalized spacial score (nSPS) is 14.4. The lowest BCUT2D eigenvalue weighted by Gasteiger charge is -2.38. The standard InChI is InChI=1S/C27H24F3NO5/c1-4-35-24(32)20-12-8-11-19(17-9-6-5-7-10-17)23(20)16(2)26(34,27(28,29)30)18-13-14-22-21(15-18)31(3)25(33)36-22/h5-16,34H,4H2,1-3H3. The first-order chi connectivity index (χ1) is 17.0. The molecule has 2 unspecified atom stereocenters. The van der Waals surface area contributed by atoms with Crippen molar-refractivity contribution in [2.24, 2.45) is 7.05 Å². The van der Waals surface area contributed by atoms with Crippen molar-refractivity contribution in [3.05, 3.63) is 94.0 Å². The van der Waals surface area contributed by atoms with Gasteiger partial charge in [-0.2, -0.15) is 13.2 Å². The van der Waals surface area contributed by atoms with E-state index in [1.165, 1.54) is 26.1 Å². The topological polar surface area (TPSA) is 81.7 Å². The number of aliphatic hydroxyl groups is 1. The highest BCUT2D eigenvalue weighted by Crippen LogP contribution is 2.51. The molecule has 4 rings (SSSR count). The zero-order chi connectivity index (χ0) is 26.3. The number of hydrogen-bond acceptors (Lipinski definition) is 5. The van der Waals surface area contributed by atoms with Crippen LogP contribution in [0.15, 0.2) is 75.9 Å². The Bertz CT molecular complexity index is 1470. The van der Waals surface area contributed by atoms with Crippen LogP contribution in [-0.4, -0.2) is 28.4 Å². The summed E-state index contributed by atoms with van der Waals surface area (Å²) in [5.41, 5.74) is -2.91. The van der Waals surface area contributed by atoms with Gasteiger partial charge >= 0.3 is 17.9 Å². The van der Waals surface area contributed by atoms with Gasteiger partial charge in [-0.05, 0) is 47.4 Å². The fourth-order valence-electron chi connectivity index (χ4n) is 4.52. The largest absolute Gasteiger partial charge is 0.462 e. The Labute approximate surface area is 204 Å². The highest BCUT2D eigenvalue weighted by atomic mass is 19.4. The molecule has 0 saturated carbocycles. The first-order valence-electron chi connectivity index (χ1n) is 11.2. The van der Waals surface area contributed by atoms with Crippen LogP contribution >= 0.6 is 0 Å². The van der Waals surface area contributed by atoms with Crippen LogP contribution in [0.25, 0.3) is 22.2 Å². The number of benzene rings is 3. The first-order valence-corrected chi connectivity index (χ1v) is 11.2. The molecule has 1 heterocycles. The lowest BCUT2D eigenvalue weighted by Crippen LogP contribution is -2.47. The van der Waals surface area contributed by atoms with Gasteiger partial charge in [0.2, 0.25) is 0 Å². The second-order valence-corrected chi connectivity index (χ2v) is 8.45. The number of aryl methyl sites for hydroxylation is 1.